The number of benzene rings is 1. The fraction of sp³-hybridized carbons (Fsp3) is 0.182. The summed E-state index contributed by atoms with van der Waals surface area (Å²) in [6.45, 7) is 2.34. The zero-order chi connectivity index (χ0) is 13.0. The molecule has 0 radical (unpaired) electrons. The lowest BCUT2D eigenvalue weighted by Gasteiger charge is -2.09. The van der Waals surface area contributed by atoms with E-state index in [2.05, 4.69) is 20.5 Å². The molecule has 3 N–H and O–H groups in total. The SMILES string of the molecule is CCOc1ccccc1NC(=O)c1n[nH]c(=O)[nH]1. The number of ether oxygens (including phenoxy) is 1. The maximum atomic E-state index is 11.8. The monoisotopic (exact) mass is 248 g/mol. The van der Waals surface area contributed by atoms with Crippen molar-refractivity contribution in [3.8, 4) is 5.75 Å². The van der Waals surface area contributed by atoms with E-state index in [4.69, 9.17) is 4.74 Å². The second-order valence-corrected chi connectivity index (χ2v) is 3.41. The van der Waals surface area contributed by atoms with Crippen LogP contribution in [0, 0.1) is 0 Å². The van der Waals surface area contributed by atoms with E-state index in [1.54, 1.807) is 24.3 Å². The number of H-pyrrole nitrogens is 2. The maximum absolute atomic E-state index is 11.8. The van der Waals surface area contributed by atoms with Crippen LogP contribution >= 0.6 is 0 Å². The van der Waals surface area contributed by atoms with Crippen LogP contribution in [0.25, 0.3) is 0 Å². The van der Waals surface area contributed by atoms with E-state index in [1.807, 2.05) is 6.92 Å². The highest BCUT2D eigenvalue weighted by atomic mass is 16.5. The fourth-order valence-electron chi connectivity index (χ4n) is 1.41. The Bertz CT molecular complexity index is 602. The molecule has 2 aromatic rings. The second kappa shape index (κ2) is 5.17. The number of aromatic amines is 2. The van der Waals surface area contributed by atoms with Gasteiger partial charge in [-0.2, -0.15) is 0 Å². The Morgan fingerprint density at radius 2 is 2.22 bits per heavy atom. The Morgan fingerprint density at radius 1 is 1.44 bits per heavy atom. The minimum atomic E-state index is -0.529. The largest absolute Gasteiger partial charge is 0.492 e. The van der Waals surface area contributed by atoms with Crippen molar-refractivity contribution in [2.45, 2.75) is 6.92 Å². The molecule has 0 aliphatic heterocycles. The molecule has 0 atom stereocenters. The van der Waals surface area contributed by atoms with Crippen LogP contribution in [0.4, 0.5) is 5.69 Å². The van der Waals surface area contributed by atoms with Gasteiger partial charge in [-0.05, 0) is 19.1 Å². The van der Waals surface area contributed by atoms with Crippen LogP contribution in [-0.4, -0.2) is 27.7 Å². The van der Waals surface area contributed by atoms with Gasteiger partial charge in [0.05, 0.1) is 12.3 Å². The number of anilines is 1. The number of carbonyl (C=O) groups excluding carboxylic acids is 1. The number of carbonyl (C=O) groups is 1. The summed E-state index contributed by atoms with van der Waals surface area (Å²) < 4.78 is 5.36. The number of para-hydroxylation sites is 2. The van der Waals surface area contributed by atoms with Gasteiger partial charge in [0.25, 0.3) is 5.91 Å². The Labute approximate surface area is 102 Å². The van der Waals surface area contributed by atoms with Crippen LogP contribution in [0.15, 0.2) is 29.1 Å². The molecule has 0 saturated carbocycles. The molecule has 94 valence electrons. The van der Waals surface area contributed by atoms with Crippen molar-refractivity contribution < 1.29 is 9.53 Å². The van der Waals surface area contributed by atoms with Gasteiger partial charge in [0.1, 0.15) is 5.75 Å². The van der Waals surface area contributed by atoms with Crippen LogP contribution in [0.5, 0.6) is 5.75 Å². The van der Waals surface area contributed by atoms with Gasteiger partial charge in [-0.3, -0.25) is 9.78 Å². The number of nitrogens with one attached hydrogen (secondary N) is 3. The number of hydrogen-bond donors (Lipinski definition) is 3. The van der Waals surface area contributed by atoms with Gasteiger partial charge >= 0.3 is 5.69 Å². The highest BCUT2D eigenvalue weighted by molar-refractivity contribution is 6.02. The molecule has 0 aliphatic rings. The molecule has 7 nitrogen and oxygen atoms in total. The summed E-state index contributed by atoms with van der Waals surface area (Å²) in [6.07, 6.45) is 0. The third-order valence-electron chi connectivity index (χ3n) is 2.15. The number of aromatic nitrogens is 3. The van der Waals surface area contributed by atoms with E-state index in [9.17, 15) is 9.59 Å². The van der Waals surface area contributed by atoms with E-state index in [1.165, 1.54) is 0 Å². The molecule has 1 amide bonds. The Balaban J connectivity index is 2.18. The lowest BCUT2D eigenvalue weighted by atomic mass is 10.3. The van der Waals surface area contributed by atoms with Crippen molar-refractivity contribution in [3.63, 3.8) is 0 Å². The summed E-state index contributed by atoms with van der Waals surface area (Å²) in [7, 11) is 0. The molecule has 2 rings (SSSR count). The minimum absolute atomic E-state index is 0.0775. The van der Waals surface area contributed by atoms with Crippen LogP contribution in [-0.2, 0) is 0 Å². The molecule has 7 heteroatoms. The van der Waals surface area contributed by atoms with Crippen molar-refractivity contribution in [2.75, 3.05) is 11.9 Å². The fourth-order valence-corrected chi connectivity index (χ4v) is 1.41. The molecule has 1 heterocycles. The third kappa shape index (κ3) is 2.57. The van der Waals surface area contributed by atoms with Gasteiger partial charge in [0.15, 0.2) is 0 Å². The molecule has 1 aromatic heterocycles. The zero-order valence-corrected chi connectivity index (χ0v) is 9.69. The van der Waals surface area contributed by atoms with Gasteiger partial charge in [-0.15, -0.1) is 5.10 Å². The van der Waals surface area contributed by atoms with E-state index in [0.717, 1.165) is 0 Å². The zero-order valence-electron chi connectivity index (χ0n) is 9.69. The Morgan fingerprint density at radius 3 is 2.89 bits per heavy atom. The van der Waals surface area contributed by atoms with Crippen LogP contribution in [0.2, 0.25) is 0 Å². The van der Waals surface area contributed by atoms with E-state index >= 15 is 0 Å². The van der Waals surface area contributed by atoms with Crippen LogP contribution in [0.1, 0.15) is 17.5 Å². The van der Waals surface area contributed by atoms with Crippen molar-refractivity contribution in [3.05, 3.63) is 40.6 Å². The van der Waals surface area contributed by atoms with E-state index in [-0.39, 0.29) is 5.82 Å². The molecule has 0 saturated heterocycles. The lowest BCUT2D eigenvalue weighted by Crippen LogP contribution is -2.15. The van der Waals surface area contributed by atoms with Crippen molar-refractivity contribution in [2.24, 2.45) is 0 Å². The highest BCUT2D eigenvalue weighted by Crippen LogP contribution is 2.23. The first-order valence-electron chi connectivity index (χ1n) is 5.38. The predicted molar refractivity (Wildman–Crippen MR) is 64.8 cm³/mol. The van der Waals surface area contributed by atoms with Crippen molar-refractivity contribution in [1.29, 1.82) is 0 Å². The van der Waals surface area contributed by atoms with E-state index < -0.39 is 11.6 Å². The van der Waals surface area contributed by atoms with Gasteiger partial charge in [-0.1, -0.05) is 12.1 Å². The normalized spacial score (nSPS) is 10.1. The standard InChI is InChI=1S/C11H12N4O3/c1-2-18-8-6-4-3-5-7(8)12-10(16)9-13-11(17)15-14-9/h3-6H,2H2,1H3,(H,12,16)(H2,13,14,15,17). The molecule has 0 fully saturated rings. The van der Waals surface area contributed by atoms with Gasteiger partial charge in [0.2, 0.25) is 5.82 Å². The van der Waals surface area contributed by atoms with Crippen molar-refractivity contribution in [1.82, 2.24) is 15.2 Å². The topological polar surface area (TPSA) is 99.9 Å². The summed E-state index contributed by atoms with van der Waals surface area (Å²) in [4.78, 5) is 24.9. The molecule has 1 aromatic carbocycles. The predicted octanol–water partition coefficient (Wildman–Crippen LogP) is 0.749. The first kappa shape index (κ1) is 11.9. The van der Waals surface area contributed by atoms with Gasteiger partial charge < -0.3 is 10.1 Å². The summed E-state index contributed by atoms with van der Waals surface area (Å²) in [6, 6.07) is 7.02. The van der Waals surface area contributed by atoms with E-state index in [0.29, 0.717) is 18.0 Å². The molecular formula is C11H12N4O3. The molecule has 0 bridgehead atoms. The average molecular weight is 248 g/mol. The smallest absolute Gasteiger partial charge is 0.341 e. The molecule has 18 heavy (non-hydrogen) atoms. The number of amides is 1. The number of rotatable bonds is 4. The quantitative estimate of drug-likeness (QED) is 0.743. The van der Waals surface area contributed by atoms with Gasteiger partial charge in [-0.25, -0.2) is 9.89 Å². The number of hydrogen-bond acceptors (Lipinski definition) is 4. The van der Waals surface area contributed by atoms with Gasteiger partial charge in [0, 0.05) is 0 Å². The molecule has 0 spiro atoms. The summed E-state index contributed by atoms with van der Waals surface area (Å²) >= 11 is 0. The first-order valence-corrected chi connectivity index (χ1v) is 5.38. The lowest BCUT2D eigenvalue weighted by molar-refractivity contribution is 0.101. The summed E-state index contributed by atoms with van der Waals surface area (Å²) in [5.74, 6) is -0.0296. The first-order chi connectivity index (χ1) is 8.70. The highest BCUT2D eigenvalue weighted by Gasteiger charge is 2.12. The third-order valence-corrected chi connectivity index (χ3v) is 2.15. The van der Waals surface area contributed by atoms with Crippen LogP contribution < -0.4 is 15.7 Å². The summed E-state index contributed by atoms with van der Waals surface area (Å²) in [5.41, 5.74) is -0.00792. The minimum Gasteiger partial charge on any atom is -0.492 e. The average Bonchev–Trinajstić information content (AvgIpc) is 2.79. The van der Waals surface area contributed by atoms with Crippen LogP contribution in [0.3, 0.4) is 0 Å². The van der Waals surface area contributed by atoms with Crippen molar-refractivity contribution >= 4 is 11.6 Å². The Hall–Kier alpha value is -2.57. The molecule has 0 aliphatic carbocycles. The second-order valence-electron chi connectivity index (χ2n) is 3.41. The number of nitrogens with zero attached hydrogens (tertiary/aromatic N) is 1. The molecule has 0 unspecified atom stereocenters. The Kier molecular flexibility index (Phi) is 3.42. The molecular weight excluding hydrogens is 236 g/mol. The summed E-state index contributed by atoms with van der Waals surface area (Å²) in [5, 5.41) is 8.27. The maximum Gasteiger partial charge on any atom is 0.341 e.